The third kappa shape index (κ3) is 8.62. The fourth-order valence-electron chi connectivity index (χ4n) is 2.45. The zero-order chi connectivity index (χ0) is 16.9. The minimum Gasteiger partial charge on any atom is -0.504 e. The monoisotopic (exact) mass is 322 g/mol. The van der Waals surface area contributed by atoms with Crippen LogP contribution in [0.4, 0.5) is 0 Å². The molecule has 0 spiro atoms. The molecule has 1 atom stereocenters. The minimum absolute atomic E-state index is 0.135. The van der Waals surface area contributed by atoms with Gasteiger partial charge in [0, 0.05) is 6.61 Å². The largest absolute Gasteiger partial charge is 0.504 e. The molecule has 0 saturated carbocycles. The van der Waals surface area contributed by atoms with Gasteiger partial charge in [-0.3, -0.25) is 0 Å². The zero-order valence-electron chi connectivity index (χ0n) is 14.1. The van der Waals surface area contributed by atoms with Crippen LogP contribution in [0.5, 0.6) is 11.5 Å². The maximum Gasteiger partial charge on any atom is 0.160 e. The van der Waals surface area contributed by atoms with Gasteiger partial charge in [0.1, 0.15) is 0 Å². The first-order valence-electron chi connectivity index (χ1n) is 8.49. The molecule has 0 saturated heterocycles. The summed E-state index contributed by atoms with van der Waals surface area (Å²) in [5.74, 6) is 0.601. The number of aryl methyl sites for hydroxylation is 1. The first-order valence-corrected chi connectivity index (χ1v) is 8.49. The molecule has 0 radical (unpaired) electrons. The first kappa shape index (κ1) is 19.5. The lowest BCUT2D eigenvalue weighted by Crippen LogP contribution is -2.04. The number of aliphatic hydroxyl groups excluding tert-OH is 2. The normalized spacial score (nSPS) is 12.7. The number of phenols is 1. The molecule has 0 aromatic heterocycles. The summed E-state index contributed by atoms with van der Waals surface area (Å²) in [5, 5.41) is 28.2. The van der Waals surface area contributed by atoms with Crippen molar-refractivity contribution in [1.82, 2.24) is 0 Å². The van der Waals surface area contributed by atoms with E-state index in [1.54, 1.807) is 12.1 Å². The Labute approximate surface area is 139 Å². The maximum absolute atomic E-state index is 9.97. The molecule has 23 heavy (non-hydrogen) atoms. The summed E-state index contributed by atoms with van der Waals surface area (Å²) in [4.78, 5) is 0. The summed E-state index contributed by atoms with van der Waals surface area (Å²) in [5.41, 5.74) is 1.04. The van der Waals surface area contributed by atoms with E-state index in [9.17, 15) is 10.2 Å². The second kappa shape index (κ2) is 12.0. The van der Waals surface area contributed by atoms with Gasteiger partial charge >= 0.3 is 0 Å². The number of benzene rings is 1. The van der Waals surface area contributed by atoms with Crippen molar-refractivity contribution in [2.45, 2.75) is 57.5 Å². The lowest BCUT2D eigenvalue weighted by Gasteiger charge is -2.08. The molecule has 4 nitrogen and oxygen atoms in total. The van der Waals surface area contributed by atoms with Crippen molar-refractivity contribution in [3.8, 4) is 11.5 Å². The molecule has 4 heteroatoms. The van der Waals surface area contributed by atoms with Crippen LogP contribution in [0, 0.1) is 0 Å². The first-order chi connectivity index (χ1) is 11.2. The Morgan fingerprint density at radius 1 is 1.13 bits per heavy atom. The number of aromatic hydroxyl groups is 1. The van der Waals surface area contributed by atoms with Gasteiger partial charge in [-0.1, -0.05) is 37.5 Å². The smallest absolute Gasteiger partial charge is 0.160 e. The molecular weight excluding hydrogens is 292 g/mol. The number of hydrogen-bond acceptors (Lipinski definition) is 4. The summed E-state index contributed by atoms with van der Waals surface area (Å²) in [6.07, 6.45) is 11.3. The van der Waals surface area contributed by atoms with Gasteiger partial charge in [0.15, 0.2) is 11.5 Å². The number of rotatable bonds is 12. The molecule has 0 bridgehead atoms. The lowest BCUT2D eigenvalue weighted by atomic mass is 10.1. The van der Waals surface area contributed by atoms with E-state index in [0.29, 0.717) is 18.8 Å². The SMILES string of the molecule is COc1cc(CCC(O)C=CCCCCCCCO)ccc1O. The predicted octanol–water partition coefficient (Wildman–Crippen LogP) is 3.58. The summed E-state index contributed by atoms with van der Waals surface area (Å²) in [7, 11) is 1.53. The fraction of sp³-hybridized carbons (Fsp3) is 0.579. The Bertz CT molecular complexity index is 457. The van der Waals surface area contributed by atoms with Crippen LogP contribution in [0.25, 0.3) is 0 Å². The van der Waals surface area contributed by atoms with Gasteiger partial charge in [0.05, 0.1) is 13.2 Å². The summed E-state index contributed by atoms with van der Waals surface area (Å²) < 4.78 is 5.08. The van der Waals surface area contributed by atoms with Crippen molar-refractivity contribution in [3.05, 3.63) is 35.9 Å². The Kier molecular flexibility index (Phi) is 10.2. The maximum atomic E-state index is 9.97. The Hall–Kier alpha value is -1.52. The highest BCUT2D eigenvalue weighted by Gasteiger charge is 2.05. The highest BCUT2D eigenvalue weighted by Crippen LogP contribution is 2.26. The molecule has 0 amide bonds. The minimum atomic E-state index is -0.441. The van der Waals surface area contributed by atoms with Gasteiger partial charge < -0.3 is 20.1 Å². The predicted molar refractivity (Wildman–Crippen MR) is 92.9 cm³/mol. The molecule has 3 N–H and O–H groups in total. The molecule has 0 heterocycles. The number of phenolic OH excluding ortho intramolecular Hbond substituents is 1. The van der Waals surface area contributed by atoms with Crippen LogP contribution in [0.2, 0.25) is 0 Å². The lowest BCUT2D eigenvalue weighted by molar-refractivity contribution is 0.212. The van der Waals surface area contributed by atoms with Crippen LogP contribution in [-0.2, 0) is 6.42 Å². The van der Waals surface area contributed by atoms with E-state index < -0.39 is 6.10 Å². The third-order valence-electron chi connectivity index (χ3n) is 3.86. The van der Waals surface area contributed by atoms with Gasteiger partial charge in [-0.15, -0.1) is 0 Å². The van der Waals surface area contributed by atoms with E-state index in [1.165, 1.54) is 20.0 Å². The molecule has 0 fully saturated rings. The Morgan fingerprint density at radius 2 is 1.87 bits per heavy atom. The topological polar surface area (TPSA) is 69.9 Å². The highest BCUT2D eigenvalue weighted by molar-refractivity contribution is 5.41. The second-order valence-electron chi connectivity index (χ2n) is 5.82. The van der Waals surface area contributed by atoms with Crippen molar-refractivity contribution < 1.29 is 20.1 Å². The van der Waals surface area contributed by atoms with E-state index in [0.717, 1.165) is 37.7 Å². The summed E-state index contributed by atoms with van der Waals surface area (Å²) in [6, 6.07) is 5.27. The van der Waals surface area contributed by atoms with E-state index >= 15 is 0 Å². The van der Waals surface area contributed by atoms with Crippen molar-refractivity contribution in [3.63, 3.8) is 0 Å². The number of aliphatic hydroxyl groups is 2. The molecule has 0 aliphatic heterocycles. The van der Waals surface area contributed by atoms with Gasteiger partial charge in [-0.2, -0.15) is 0 Å². The van der Waals surface area contributed by atoms with Crippen molar-refractivity contribution in [2.75, 3.05) is 13.7 Å². The van der Waals surface area contributed by atoms with E-state index in [1.807, 2.05) is 18.2 Å². The number of hydrogen-bond donors (Lipinski definition) is 3. The number of ether oxygens (including phenoxy) is 1. The fourth-order valence-corrected chi connectivity index (χ4v) is 2.45. The molecule has 1 rings (SSSR count). The van der Waals surface area contributed by atoms with Crippen LogP contribution < -0.4 is 4.74 Å². The third-order valence-corrected chi connectivity index (χ3v) is 3.86. The molecule has 130 valence electrons. The number of methoxy groups -OCH3 is 1. The molecule has 1 aromatic rings. The van der Waals surface area contributed by atoms with Crippen LogP contribution in [0.3, 0.4) is 0 Å². The molecule has 1 unspecified atom stereocenters. The molecule has 1 aromatic carbocycles. The van der Waals surface area contributed by atoms with Crippen LogP contribution >= 0.6 is 0 Å². The van der Waals surface area contributed by atoms with Crippen LogP contribution in [-0.4, -0.2) is 35.1 Å². The quantitative estimate of drug-likeness (QED) is 0.406. The average Bonchev–Trinajstić information content (AvgIpc) is 2.56. The van der Waals surface area contributed by atoms with Gasteiger partial charge in [-0.25, -0.2) is 0 Å². The highest BCUT2D eigenvalue weighted by atomic mass is 16.5. The Morgan fingerprint density at radius 3 is 2.61 bits per heavy atom. The van der Waals surface area contributed by atoms with Crippen molar-refractivity contribution in [2.24, 2.45) is 0 Å². The van der Waals surface area contributed by atoms with E-state index in [-0.39, 0.29) is 5.75 Å². The second-order valence-corrected chi connectivity index (χ2v) is 5.82. The summed E-state index contributed by atoms with van der Waals surface area (Å²) >= 11 is 0. The van der Waals surface area contributed by atoms with E-state index in [2.05, 4.69) is 0 Å². The van der Waals surface area contributed by atoms with Gasteiger partial charge in [0.25, 0.3) is 0 Å². The molecular formula is C19H30O4. The van der Waals surface area contributed by atoms with Crippen molar-refractivity contribution >= 4 is 0 Å². The Balaban J connectivity index is 2.18. The van der Waals surface area contributed by atoms with Gasteiger partial charge in [0.2, 0.25) is 0 Å². The van der Waals surface area contributed by atoms with E-state index in [4.69, 9.17) is 9.84 Å². The van der Waals surface area contributed by atoms with Crippen molar-refractivity contribution in [1.29, 1.82) is 0 Å². The van der Waals surface area contributed by atoms with Crippen LogP contribution in [0.1, 0.15) is 50.5 Å². The standard InChI is InChI=1S/C19H30O4/c1-23-19-15-16(11-13-18(19)22)10-12-17(21)9-7-5-3-2-4-6-8-14-20/h7,9,11,13,15,17,20-22H,2-6,8,10,12,14H2,1H3. The average molecular weight is 322 g/mol. The number of allylic oxidation sites excluding steroid dienone is 1. The summed E-state index contributed by atoms with van der Waals surface area (Å²) in [6.45, 7) is 0.291. The zero-order valence-corrected chi connectivity index (χ0v) is 14.1. The van der Waals surface area contributed by atoms with Crippen LogP contribution in [0.15, 0.2) is 30.4 Å². The molecule has 0 aliphatic rings. The van der Waals surface area contributed by atoms with Gasteiger partial charge in [-0.05, 0) is 49.8 Å². The molecule has 0 aliphatic carbocycles. The number of unbranched alkanes of at least 4 members (excludes halogenated alkanes) is 5.